The maximum atomic E-state index is 11.1. The summed E-state index contributed by atoms with van der Waals surface area (Å²) in [6, 6.07) is -0.685. The third-order valence-electron chi connectivity index (χ3n) is 2.58. The van der Waals surface area contributed by atoms with Gasteiger partial charge in [0.2, 0.25) is 0 Å². The summed E-state index contributed by atoms with van der Waals surface area (Å²) in [4.78, 5) is 11.1. The summed E-state index contributed by atoms with van der Waals surface area (Å²) in [5, 5.41) is 0. The van der Waals surface area contributed by atoms with E-state index in [1.165, 1.54) is 7.11 Å². The molecule has 1 fully saturated rings. The molecule has 82 valence electrons. The summed E-state index contributed by atoms with van der Waals surface area (Å²) in [5.74, 6) is -0.273. The van der Waals surface area contributed by atoms with Crippen LogP contribution in [0.4, 0.5) is 0 Å². The van der Waals surface area contributed by atoms with Crippen molar-refractivity contribution >= 4 is 15.8 Å². The molecule has 1 atom stereocenters. The Morgan fingerprint density at radius 1 is 1.43 bits per heavy atom. The Labute approximate surface area is 83.5 Å². The molecule has 1 aliphatic heterocycles. The average molecular weight is 221 g/mol. The first-order valence-electron chi connectivity index (χ1n) is 4.50. The number of nitrogens with two attached hydrogens (primary N) is 1. The van der Waals surface area contributed by atoms with Crippen LogP contribution in [0.3, 0.4) is 0 Å². The van der Waals surface area contributed by atoms with Crippen LogP contribution < -0.4 is 5.73 Å². The number of hydrogen-bond donors (Lipinski definition) is 1. The molecule has 2 N–H and O–H groups in total. The molecule has 1 rings (SSSR count). The minimum absolute atomic E-state index is 0.0639. The standard InChI is InChI=1S/C8H15NO4S/c1-13-8(10)7(9)6-2-4-14(11,12)5-3-6/h6-7H,2-5,9H2,1H3. The van der Waals surface area contributed by atoms with Crippen molar-refractivity contribution < 1.29 is 17.9 Å². The zero-order chi connectivity index (χ0) is 10.8. The third kappa shape index (κ3) is 2.68. The number of hydrogen-bond acceptors (Lipinski definition) is 5. The van der Waals surface area contributed by atoms with Crippen LogP contribution in [0, 0.1) is 5.92 Å². The van der Waals surface area contributed by atoms with Gasteiger partial charge in [0.05, 0.1) is 18.6 Å². The molecule has 0 aliphatic carbocycles. The molecular formula is C8H15NO4S. The highest BCUT2D eigenvalue weighted by Crippen LogP contribution is 2.21. The number of carbonyl (C=O) groups excluding carboxylic acids is 1. The summed E-state index contributed by atoms with van der Waals surface area (Å²) < 4.78 is 26.7. The second kappa shape index (κ2) is 4.27. The van der Waals surface area contributed by atoms with Crippen molar-refractivity contribution in [1.82, 2.24) is 0 Å². The quantitative estimate of drug-likeness (QED) is 0.624. The van der Waals surface area contributed by atoms with E-state index in [2.05, 4.69) is 4.74 Å². The van der Waals surface area contributed by atoms with Crippen molar-refractivity contribution in [2.45, 2.75) is 18.9 Å². The van der Waals surface area contributed by atoms with Crippen molar-refractivity contribution in [1.29, 1.82) is 0 Å². The van der Waals surface area contributed by atoms with Crippen molar-refractivity contribution in [2.24, 2.45) is 11.7 Å². The van der Waals surface area contributed by atoms with Gasteiger partial charge in [-0.2, -0.15) is 0 Å². The monoisotopic (exact) mass is 221 g/mol. The Morgan fingerprint density at radius 3 is 2.36 bits per heavy atom. The van der Waals surface area contributed by atoms with Gasteiger partial charge in [0.15, 0.2) is 0 Å². The second-order valence-corrected chi connectivity index (χ2v) is 5.84. The molecule has 0 bridgehead atoms. The Morgan fingerprint density at radius 2 is 1.93 bits per heavy atom. The van der Waals surface area contributed by atoms with Gasteiger partial charge in [0, 0.05) is 0 Å². The molecule has 1 saturated heterocycles. The van der Waals surface area contributed by atoms with E-state index in [1.54, 1.807) is 0 Å². The lowest BCUT2D eigenvalue weighted by Crippen LogP contribution is -2.42. The van der Waals surface area contributed by atoms with Gasteiger partial charge < -0.3 is 10.5 Å². The van der Waals surface area contributed by atoms with Crippen LogP contribution in [-0.4, -0.2) is 39.0 Å². The summed E-state index contributed by atoms with van der Waals surface area (Å²) in [5.41, 5.74) is 5.62. The summed E-state index contributed by atoms with van der Waals surface area (Å²) in [7, 11) is -1.61. The van der Waals surface area contributed by atoms with E-state index in [0.717, 1.165) is 0 Å². The van der Waals surface area contributed by atoms with Crippen LogP contribution in [-0.2, 0) is 19.4 Å². The van der Waals surface area contributed by atoms with Gasteiger partial charge in [-0.05, 0) is 18.8 Å². The van der Waals surface area contributed by atoms with Gasteiger partial charge in [-0.3, -0.25) is 4.79 Å². The fraction of sp³-hybridized carbons (Fsp3) is 0.875. The highest BCUT2D eigenvalue weighted by atomic mass is 32.2. The maximum absolute atomic E-state index is 11.1. The lowest BCUT2D eigenvalue weighted by atomic mass is 9.94. The van der Waals surface area contributed by atoms with Gasteiger partial charge >= 0.3 is 5.97 Å². The SMILES string of the molecule is COC(=O)C(N)C1CCS(=O)(=O)CC1. The van der Waals surface area contributed by atoms with Crippen LogP contribution in [0.1, 0.15) is 12.8 Å². The van der Waals surface area contributed by atoms with E-state index in [9.17, 15) is 13.2 Å². The van der Waals surface area contributed by atoms with Crippen LogP contribution >= 0.6 is 0 Å². The molecule has 1 unspecified atom stereocenters. The van der Waals surface area contributed by atoms with E-state index in [4.69, 9.17) is 5.73 Å². The van der Waals surface area contributed by atoms with Crippen LogP contribution in [0.2, 0.25) is 0 Å². The molecular weight excluding hydrogens is 206 g/mol. The minimum atomic E-state index is -2.89. The van der Waals surface area contributed by atoms with Gasteiger partial charge in [-0.25, -0.2) is 8.42 Å². The number of methoxy groups -OCH3 is 1. The number of rotatable bonds is 2. The molecule has 1 aliphatic rings. The molecule has 0 saturated carbocycles. The fourth-order valence-corrected chi connectivity index (χ4v) is 3.12. The van der Waals surface area contributed by atoms with E-state index < -0.39 is 21.8 Å². The fourth-order valence-electron chi connectivity index (χ4n) is 1.60. The first-order valence-corrected chi connectivity index (χ1v) is 6.32. The average Bonchev–Trinajstić information content (AvgIpc) is 2.15. The minimum Gasteiger partial charge on any atom is -0.468 e. The molecule has 0 aromatic carbocycles. The lowest BCUT2D eigenvalue weighted by Gasteiger charge is -2.25. The summed E-state index contributed by atoms with van der Waals surface area (Å²) >= 11 is 0. The Kier molecular flexibility index (Phi) is 3.49. The van der Waals surface area contributed by atoms with E-state index >= 15 is 0 Å². The number of sulfone groups is 1. The lowest BCUT2D eigenvalue weighted by molar-refractivity contribution is -0.143. The van der Waals surface area contributed by atoms with E-state index in [1.807, 2.05) is 0 Å². The molecule has 14 heavy (non-hydrogen) atoms. The highest BCUT2D eigenvalue weighted by Gasteiger charge is 2.31. The Balaban J connectivity index is 2.53. The van der Waals surface area contributed by atoms with Crippen molar-refractivity contribution in [2.75, 3.05) is 18.6 Å². The zero-order valence-corrected chi connectivity index (χ0v) is 8.92. The largest absolute Gasteiger partial charge is 0.468 e. The first-order chi connectivity index (χ1) is 6.46. The predicted molar refractivity (Wildman–Crippen MR) is 51.4 cm³/mol. The Hall–Kier alpha value is -0.620. The van der Waals surface area contributed by atoms with E-state index in [-0.39, 0.29) is 17.4 Å². The van der Waals surface area contributed by atoms with Crippen LogP contribution in [0.5, 0.6) is 0 Å². The van der Waals surface area contributed by atoms with Gasteiger partial charge in [-0.1, -0.05) is 0 Å². The number of ether oxygens (including phenoxy) is 1. The maximum Gasteiger partial charge on any atom is 0.322 e. The number of esters is 1. The predicted octanol–water partition coefficient (Wildman–Crippen LogP) is -0.688. The van der Waals surface area contributed by atoms with Crippen molar-refractivity contribution in [3.05, 3.63) is 0 Å². The summed E-state index contributed by atoms with van der Waals surface area (Å²) in [6.45, 7) is 0. The molecule has 0 aromatic heterocycles. The van der Waals surface area contributed by atoms with Crippen LogP contribution in [0.15, 0.2) is 0 Å². The smallest absolute Gasteiger partial charge is 0.322 e. The van der Waals surface area contributed by atoms with Crippen molar-refractivity contribution in [3.8, 4) is 0 Å². The molecule has 0 aromatic rings. The zero-order valence-electron chi connectivity index (χ0n) is 8.10. The highest BCUT2D eigenvalue weighted by molar-refractivity contribution is 7.91. The second-order valence-electron chi connectivity index (χ2n) is 3.54. The Bertz CT molecular complexity index is 297. The van der Waals surface area contributed by atoms with Gasteiger partial charge in [-0.15, -0.1) is 0 Å². The van der Waals surface area contributed by atoms with Gasteiger partial charge in [0.1, 0.15) is 15.9 Å². The van der Waals surface area contributed by atoms with Crippen LogP contribution in [0.25, 0.3) is 0 Å². The molecule has 6 heteroatoms. The molecule has 0 amide bonds. The molecule has 0 spiro atoms. The normalized spacial score (nSPS) is 24.1. The van der Waals surface area contributed by atoms with E-state index in [0.29, 0.717) is 12.8 Å². The third-order valence-corrected chi connectivity index (χ3v) is 4.30. The topological polar surface area (TPSA) is 86.5 Å². The number of carbonyl (C=O) groups is 1. The van der Waals surface area contributed by atoms with Gasteiger partial charge in [0.25, 0.3) is 0 Å². The summed E-state index contributed by atoms with van der Waals surface area (Å²) in [6.07, 6.45) is 0.914. The van der Waals surface area contributed by atoms with Crippen molar-refractivity contribution in [3.63, 3.8) is 0 Å². The first kappa shape index (κ1) is 11.5. The molecule has 5 nitrogen and oxygen atoms in total. The molecule has 0 radical (unpaired) electrons. The molecule has 1 heterocycles.